The molecule has 1 aliphatic rings. The molecule has 1 aromatic heterocycles. The molecule has 1 saturated heterocycles. The summed E-state index contributed by atoms with van der Waals surface area (Å²) < 4.78 is 15.7. The fourth-order valence-corrected chi connectivity index (χ4v) is 2.61. The van der Waals surface area contributed by atoms with Crippen LogP contribution >= 0.6 is 0 Å². The van der Waals surface area contributed by atoms with Gasteiger partial charge in [-0.3, -0.25) is 0 Å². The number of hydrogen-bond donors (Lipinski definition) is 1. The quantitative estimate of drug-likeness (QED) is 0.745. The van der Waals surface area contributed by atoms with Crippen LogP contribution in [0.1, 0.15) is 11.7 Å². The van der Waals surface area contributed by atoms with Crippen LogP contribution in [0.25, 0.3) is 0 Å². The van der Waals surface area contributed by atoms with Gasteiger partial charge in [-0.2, -0.15) is 4.98 Å². The Bertz CT molecular complexity index is 508. The Morgan fingerprint density at radius 3 is 3.08 bits per heavy atom. The van der Waals surface area contributed by atoms with Crippen molar-refractivity contribution in [1.82, 2.24) is 25.3 Å². The molecule has 24 heavy (non-hydrogen) atoms. The van der Waals surface area contributed by atoms with E-state index in [1.54, 1.807) is 12.0 Å². The summed E-state index contributed by atoms with van der Waals surface area (Å²) in [4.78, 5) is 20.5. The van der Waals surface area contributed by atoms with E-state index in [1.165, 1.54) is 0 Å². The Labute approximate surface area is 142 Å². The Morgan fingerprint density at radius 1 is 1.50 bits per heavy atom. The molecule has 0 bridgehead atoms. The maximum Gasteiger partial charge on any atom is 0.317 e. The monoisotopic (exact) mass is 341 g/mol. The molecular formula is C15H27N5O4. The summed E-state index contributed by atoms with van der Waals surface area (Å²) in [5.41, 5.74) is 0. The molecule has 2 heterocycles. The summed E-state index contributed by atoms with van der Waals surface area (Å²) in [5, 5.41) is 6.68. The molecule has 1 aliphatic heterocycles. The second-order valence-corrected chi connectivity index (χ2v) is 6.16. The number of nitrogens with one attached hydrogen (secondary N) is 1. The zero-order chi connectivity index (χ0) is 17.4. The molecule has 9 heteroatoms. The molecule has 136 valence electrons. The highest BCUT2D eigenvalue weighted by atomic mass is 16.5. The van der Waals surface area contributed by atoms with Crippen molar-refractivity contribution < 1.29 is 18.8 Å². The molecule has 0 aromatic carbocycles. The highest BCUT2D eigenvalue weighted by Gasteiger charge is 2.23. The number of aromatic nitrogens is 2. The molecule has 9 nitrogen and oxygen atoms in total. The third kappa shape index (κ3) is 6.06. The van der Waals surface area contributed by atoms with Crippen LogP contribution in [-0.4, -0.2) is 86.6 Å². The van der Waals surface area contributed by atoms with Gasteiger partial charge in [0, 0.05) is 39.1 Å². The van der Waals surface area contributed by atoms with Crippen LogP contribution in [0.15, 0.2) is 4.52 Å². The van der Waals surface area contributed by atoms with Gasteiger partial charge in [0.05, 0.1) is 26.4 Å². The van der Waals surface area contributed by atoms with E-state index < -0.39 is 0 Å². The molecule has 1 fully saturated rings. The van der Waals surface area contributed by atoms with E-state index in [-0.39, 0.29) is 12.6 Å². The number of carbonyl (C=O) groups is 1. The largest absolute Gasteiger partial charge is 0.384 e. The van der Waals surface area contributed by atoms with Crippen LogP contribution in [0.2, 0.25) is 0 Å². The van der Waals surface area contributed by atoms with Gasteiger partial charge in [0.2, 0.25) is 5.89 Å². The minimum atomic E-state index is -0.138. The predicted molar refractivity (Wildman–Crippen MR) is 86.5 cm³/mol. The third-order valence-corrected chi connectivity index (χ3v) is 3.68. The zero-order valence-electron chi connectivity index (χ0n) is 14.7. The predicted octanol–water partition coefficient (Wildman–Crippen LogP) is -0.0219. The smallest absolute Gasteiger partial charge is 0.317 e. The molecule has 2 rings (SSSR count). The van der Waals surface area contributed by atoms with Gasteiger partial charge < -0.3 is 29.1 Å². The maximum absolute atomic E-state index is 12.4. The Morgan fingerprint density at radius 2 is 2.33 bits per heavy atom. The van der Waals surface area contributed by atoms with Crippen molar-refractivity contribution in [3.8, 4) is 0 Å². The van der Waals surface area contributed by atoms with Crippen LogP contribution in [0.3, 0.4) is 0 Å². The van der Waals surface area contributed by atoms with Crippen molar-refractivity contribution in [2.24, 2.45) is 5.92 Å². The first-order valence-electron chi connectivity index (χ1n) is 8.14. The molecular weight excluding hydrogens is 314 g/mol. The lowest BCUT2D eigenvalue weighted by atomic mass is 10.1. The summed E-state index contributed by atoms with van der Waals surface area (Å²) in [6, 6.07) is -0.138. The average molecular weight is 341 g/mol. The van der Waals surface area contributed by atoms with Crippen LogP contribution in [0.4, 0.5) is 4.79 Å². The van der Waals surface area contributed by atoms with Crippen molar-refractivity contribution in [1.29, 1.82) is 0 Å². The minimum absolute atomic E-state index is 0.138. The van der Waals surface area contributed by atoms with Gasteiger partial charge in [-0.25, -0.2) is 4.79 Å². The number of methoxy groups -OCH3 is 1. The minimum Gasteiger partial charge on any atom is -0.384 e. The summed E-state index contributed by atoms with van der Waals surface area (Å²) in [6.07, 6.45) is 0.587. The summed E-state index contributed by atoms with van der Waals surface area (Å²) in [6.45, 7) is 4.12. The molecule has 1 N–H and O–H groups in total. The highest BCUT2D eigenvalue weighted by Crippen LogP contribution is 2.08. The van der Waals surface area contributed by atoms with Crippen molar-refractivity contribution in [3.63, 3.8) is 0 Å². The fraction of sp³-hybridized carbons (Fsp3) is 0.800. The number of hydrogen-bond acceptors (Lipinski definition) is 7. The zero-order valence-corrected chi connectivity index (χ0v) is 14.7. The van der Waals surface area contributed by atoms with Crippen molar-refractivity contribution in [2.45, 2.75) is 13.0 Å². The van der Waals surface area contributed by atoms with E-state index in [4.69, 9.17) is 14.0 Å². The van der Waals surface area contributed by atoms with Crippen molar-refractivity contribution in [2.75, 3.05) is 60.7 Å². The Balaban J connectivity index is 1.81. The number of amides is 2. The van der Waals surface area contributed by atoms with Crippen molar-refractivity contribution >= 4 is 6.03 Å². The topological polar surface area (TPSA) is 93.0 Å². The first-order valence-corrected chi connectivity index (χ1v) is 8.14. The Hall–Kier alpha value is -1.71. The first-order chi connectivity index (χ1) is 11.6. The van der Waals surface area contributed by atoms with E-state index in [0.29, 0.717) is 57.0 Å². The maximum atomic E-state index is 12.4. The Kier molecular flexibility index (Phi) is 7.41. The van der Waals surface area contributed by atoms with Gasteiger partial charge >= 0.3 is 6.03 Å². The number of rotatable bonds is 7. The van der Waals surface area contributed by atoms with E-state index in [2.05, 4.69) is 20.4 Å². The second kappa shape index (κ2) is 9.55. The molecule has 0 radical (unpaired) electrons. The highest BCUT2D eigenvalue weighted by molar-refractivity contribution is 5.74. The van der Waals surface area contributed by atoms with Gasteiger partial charge in [0.1, 0.15) is 0 Å². The molecule has 1 aromatic rings. The molecule has 0 aliphatic carbocycles. The lowest BCUT2D eigenvalue weighted by Gasteiger charge is -2.25. The average Bonchev–Trinajstić information content (AvgIpc) is 2.88. The SMILES string of the molecule is COCCc1noc(CNC(=O)N2CCOC[C@@H](CN(C)C)C2)n1. The second-order valence-electron chi connectivity index (χ2n) is 6.16. The third-order valence-electron chi connectivity index (χ3n) is 3.68. The number of carbonyl (C=O) groups excluding carboxylic acids is 1. The summed E-state index contributed by atoms with van der Waals surface area (Å²) >= 11 is 0. The summed E-state index contributed by atoms with van der Waals surface area (Å²) in [5.74, 6) is 1.28. The fourth-order valence-electron chi connectivity index (χ4n) is 2.61. The van der Waals surface area contributed by atoms with Gasteiger partial charge in [-0.1, -0.05) is 5.16 Å². The van der Waals surface area contributed by atoms with Crippen LogP contribution in [0, 0.1) is 5.92 Å². The van der Waals surface area contributed by atoms with Gasteiger partial charge in [0.25, 0.3) is 0 Å². The van der Waals surface area contributed by atoms with E-state index in [1.807, 2.05) is 14.1 Å². The molecule has 0 unspecified atom stereocenters. The van der Waals surface area contributed by atoms with Crippen LogP contribution < -0.4 is 5.32 Å². The van der Waals surface area contributed by atoms with Gasteiger partial charge in [0.15, 0.2) is 5.82 Å². The van der Waals surface area contributed by atoms with Crippen molar-refractivity contribution in [3.05, 3.63) is 11.7 Å². The van der Waals surface area contributed by atoms with Gasteiger partial charge in [-0.05, 0) is 14.1 Å². The number of ether oxygens (including phenoxy) is 2. The van der Waals surface area contributed by atoms with E-state index >= 15 is 0 Å². The number of nitrogens with zero attached hydrogens (tertiary/aromatic N) is 4. The van der Waals surface area contributed by atoms with Gasteiger partial charge in [-0.15, -0.1) is 0 Å². The summed E-state index contributed by atoms with van der Waals surface area (Å²) in [7, 11) is 5.66. The molecule has 1 atom stereocenters. The van der Waals surface area contributed by atoms with E-state index in [9.17, 15) is 4.79 Å². The molecule has 0 spiro atoms. The lowest BCUT2D eigenvalue weighted by Crippen LogP contribution is -2.44. The van der Waals surface area contributed by atoms with E-state index in [0.717, 1.165) is 6.54 Å². The molecule has 0 saturated carbocycles. The molecule has 2 amide bonds. The normalized spacial score (nSPS) is 18.7. The van der Waals surface area contributed by atoms with Crippen LogP contribution in [0.5, 0.6) is 0 Å². The number of urea groups is 1. The van der Waals surface area contributed by atoms with Crippen LogP contribution in [-0.2, 0) is 22.4 Å². The lowest BCUT2D eigenvalue weighted by molar-refractivity contribution is 0.112. The standard InChI is InChI=1S/C15H27N5O4/c1-19(2)9-12-10-20(5-7-23-11-12)15(21)16-8-14-17-13(18-24-14)4-6-22-3/h12H,4-11H2,1-3H3,(H,16,21)/t12-/m0/s1. The first kappa shape index (κ1) is 18.6.